The average Bonchev–Trinajstić information content (AvgIpc) is 2.62. The molecule has 5 heteroatoms. The van der Waals surface area contributed by atoms with Gasteiger partial charge in [-0.05, 0) is 19.3 Å². The van der Waals surface area contributed by atoms with Gasteiger partial charge in [0, 0.05) is 6.04 Å². The lowest BCUT2D eigenvalue weighted by Gasteiger charge is -2.19. The van der Waals surface area contributed by atoms with Crippen molar-refractivity contribution in [1.82, 2.24) is 10.6 Å². The van der Waals surface area contributed by atoms with Crippen LogP contribution in [-0.2, 0) is 4.79 Å². The van der Waals surface area contributed by atoms with Crippen molar-refractivity contribution in [2.45, 2.75) is 76.8 Å². The van der Waals surface area contributed by atoms with E-state index in [-0.39, 0.29) is 12.1 Å². The van der Waals surface area contributed by atoms with Crippen LogP contribution in [0, 0.1) is 0 Å². The molecule has 0 aromatic heterocycles. The van der Waals surface area contributed by atoms with E-state index in [1.807, 2.05) is 6.92 Å². The van der Waals surface area contributed by atoms with E-state index in [1.54, 1.807) is 0 Å². The lowest BCUT2D eigenvalue weighted by atomic mass is 10.1. The molecule has 1 saturated carbocycles. The molecule has 1 aliphatic carbocycles. The molecule has 0 heterocycles. The molecule has 1 rings (SSSR count). The quantitative estimate of drug-likeness (QED) is 0.649. The summed E-state index contributed by atoms with van der Waals surface area (Å²) >= 11 is 0. The summed E-state index contributed by atoms with van der Waals surface area (Å²) in [6.45, 7) is 2.00. The van der Waals surface area contributed by atoms with E-state index in [0.29, 0.717) is 6.42 Å². The Bertz CT molecular complexity index is 286. The number of amides is 2. The topological polar surface area (TPSA) is 78.4 Å². The Kier molecular flexibility index (Phi) is 7.30. The minimum absolute atomic E-state index is 0.197. The maximum Gasteiger partial charge on any atom is 0.326 e. The van der Waals surface area contributed by atoms with Gasteiger partial charge in [-0.2, -0.15) is 0 Å². The van der Waals surface area contributed by atoms with Crippen LogP contribution in [-0.4, -0.2) is 29.2 Å². The van der Waals surface area contributed by atoms with Gasteiger partial charge >= 0.3 is 12.0 Å². The average molecular weight is 270 g/mol. The predicted molar refractivity (Wildman–Crippen MR) is 74.1 cm³/mol. The Morgan fingerprint density at radius 2 is 1.84 bits per heavy atom. The summed E-state index contributed by atoms with van der Waals surface area (Å²) in [5.74, 6) is -0.954. The Morgan fingerprint density at radius 1 is 1.21 bits per heavy atom. The van der Waals surface area contributed by atoms with Crippen molar-refractivity contribution in [3.8, 4) is 0 Å². The van der Waals surface area contributed by atoms with E-state index in [2.05, 4.69) is 10.6 Å². The van der Waals surface area contributed by atoms with Gasteiger partial charge in [0.25, 0.3) is 0 Å². The first-order valence-electron chi connectivity index (χ1n) is 7.43. The third kappa shape index (κ3) is 6.45. The molecule has 0 spiro atoms. The van der Waals surface area contributed by atoms with Gasteiger partial charge in [-0.3, -0.25) is 0 Å². The van der Waals surface area contributed by atoms with Crippen LogP contribution in [0.25, 0.3) is 0 Å². The third-order valence-electron chi connectivity index (χ3n) is 3.64. The molecule has 5 nitrogen and oxygen atoms in total. The number of urea groups is 1. The van der Waals surface area contributed by atoms with Gasteiger partial charge in [0.15, 0.2) is 0 Å². The van der Waals surface area contributed by atoms with Crippen LogP contribution in [0.1, 0.15) is 64.7 Å². The third-order valence-corrected chi connectivity index (χ3v) is 3.64. The zero-order valence-electron chi connectivity index (χ0n) is 11.8. The standard InChI is InChI=1S/C14H26N2O3/c1-2-3-10-12(13(17)18)16-14(19)15-11-8-6-4-5-7-9-11/h11-12H,2-10H2,1H3,(H,17,18)(H2,15,16,19). The van der Waals surface area contributed by atoms with E-state index in [0.717, 1.165) is 38.5 Å². The highest BCUT2D eigenvalue weighted by Crippen LogP contribution is 2.17. The predicted octanol–water partition coefficient (Wildman–Crippen LogP) is 2.65. The Hall–Kier alpha value is -1.26. The van der Waals surface area contributed by atoms with Gasteiger partial charge < -0.3 is 15.7 Å². The van der Waals surface area contributed by atoms with Crippen molar-refractivity contribution in [2.24, 2.45) is 0 Å². The summed E-state index contributed by atoms with van der Waals surface area (Å²) in [4.78, 5) is 22.9. The molecule has 0 aromatic carbocycles. The van der Waals surface area contributed by atoms with Gasteiger partial charge in [0.1, 0.15) is 6.04 Å². The van der Waals surface area contributed by atoms with Crippen molar-refractivity contribution in [3.63, 3.8) is 0 Å². The first kappa shape index (κ1) is 15.8. The van der Waals surface area contributed by atoms with E-state index >= 15 is 0 Å². The highest BCUT2D eigenvalue weighted by atomic mass is 16.4. The van der Waals surface area contributed by atoms with Crippen LogP contribution < -0.4 is 10.6 Å². The smallest absolute Gasteiger partial charge is 0.326 e. The highest BCUT2D eigenvalue weighted by Gasteiger charge is 2.21. The van der Waals surface area contributed by atoms with Crippen LogP contribution in [0.15, 0.2) is 0 Å². The number of hydrogen-bond acceptors (Lipinski definition) is 2. The number of rotatable bonds is 6. The Balaban J connectivity index is 2.36. The summed E-state index contributed by atoms with van der Waals surface area (Å²) in [7, 11) is 0. The molecule has 1 atom stereocenters. The number of carbonyl (C=O) groups is 2. The second-order valence-electron chi connectivity index (χ2n) is 5.34. The molecule has 0 bridgehead atoms. The van der Waals surface area contributed by atoms with Crippen molar-refractivity contribution in [1.29, 1.82) is 0 Å². The summed E-state index contributed by atoms with van der Waals surface area (Å²) in [6.07, 6.45) is 8.97. The van der Waals surface area contributed by atoms with Crippen LogP contribution in [0.3, 0.4) is 0 Å². The molecule has 1 unspecified atom stereocenters. The lowest BCUT2D eigenvalue weighted by Crippen LogP contribution is -2.48. The molecule has 1 fully saturated rings. The SMILES string of the molecule is CCCCC(NC(=O)NC1CCCCCC1)C(=O)O. The van der Waals surface area contributed by atoms with E-state index in [1.165, 1.54) is 12.8 Å². The summed E-state index contributed by atoms with van der Waals surface area (Å²) in [6, 6.07) is -0.913. The number of hydrogen-bond donors (Lipinski definition) is 3. The molecular formula is C14H26N2O3. The van der Waals surface area contributed by atoms with Crippen molar-refractivity contribution in [2.75, 3.05) is 0 Å². The number of nitrogens with one attached hydrogen (secondary N) is 2. The molecule has 2 amide bonds. The lowest BCUT2D eigenvalue weighted by molar-refractivity contribution is -0.139. The fourth-order valence-corrected chi connectivity index (χ4v) is 2.47. The molecule has 0 aromatic rings. The highest BCUT2D eigenvalue weighted by molar-refractivity contribution is 5.82. The zero-order chi connectivity index (χ0) is 14.1. The Morgan fingerprint density at radius 3 is 2.37 bits per heavy atom. The maximum atomic E-state index is 11.8. The van der Waals surface area contributed by atoms with Crippen molar-refractivity contribution < 1.29 is 14.7 Å². The maximum absolute atomic E-state index is 11.8. The zero-order valence-corrected chi connectivity index (χ0v) is 11.8. The van der Waals surface area contributed by atoms with Gasteiger partial charge in [-0.1, -0.05) is 45.4 Å². The normalized spacial score (nSPS) is 18.4. The Labute approximate surface area is 115 Å². The van der Waals surface area contributed by atoms with E-state index in [4.69, 9.17) is 5.11 Å². The molecular weight excluding hydrogens is 244 g/mol. The van der Waals surface area contributed by atoms with Gasteiger partial charge in [0.2, 0.25) is 0 Å². The van der Waals surface area contributed by atoms with Crippen molar-refractivity contribution in [3.05, 3.63) is 0 Å². The number of carboxylic acids is 1. The number of carboxylic acid groups (broad SMARTS) is 1. The van der Waals surface area contributed by atoms with Gasteiger partial charge in [-0.15, -0.1) is 0 Å². The largest absolute Gasteiger partial charge is 0.480 e. The molecule has 0 radical (unpaired) electrons. The fraction of sp³-hybridized carbons (Fsp3) is 0.857. The minimum Gasteiger partial charge on any atom is -0.480 e. The molecule has 19 heavy (non-hydrogen) atoms. The molecule has 1 aliphatic rings. The first-order chi connectivity index (χ1) is 9.13. The van der Waals surface area contributed by atoms with Crippen LogP contribution in [0.5, 0.6) is 0 Å². The van der Waals surface area contributed by atoms with Crippen LogP contribution >= 0.6 is 0 Å². The first-order valence-corrected chi connectivity index (χ1v) is 7.43. The second kappa shape index (κ2) is 8.77. The second-order valence-corrected chi connectivity index (χ2v) is 5.34. The molecule has 0 aliphatic heterocycles. The van der Waals surface area contributed by atoms with Crippen LogP contribution in [0.4, 0.5) is 4.79 Å². The fourth-order valence-electron chi connectivity index (χ4n) is 2.47. The molecule has 3 N–H and O–H groups in total. The van der Waals surface area contributed by atoms with Crippen molar-refractivity contribution >= 4 is 12.0 Å². The van der Waals surface area contributed by atoms with E-state index in [9.17, 15) is 9.59 Å². The molecule has 0 saturated heterocycles. The monoisotopic (exact) mass is 270 g/mol. The van der Waals surface area contributed by atoms with Gasteiger partial charge in [0.05, 0.1) is 0 Å². The minimum atomic E-state index is -0.954. The van der Waals surface area contributed by atoms with E-state index < -0.39 is 12.0 Å². The van der Waals surface area contributed by atoms with Crippen LogP contribution in [0.2, 0.25) is 0 Å². The van der Waals surface area contributed by atoms with Gasteiger partial charge in [-0.25, -0.2) is 9.59 Å². The number of carbonyl (C=O) groups excluding carboxylic acids is 1. The molecule has 110 valence electrons. The summed E-state index contributed by atoms with van der Waals surface area (Å²) in [5, 5.41) is 14.5. The number of aliphatic carboxylic acids is 1. The number of unbranched alkanes of at least 4 members (excludes halogenated alkanes) is 1. The summed E-state index contributed by atoms with van der Waals surface area (Å²) in [5.41, 5.74) is 0. The summed E-state index contributed by atoms with van der Waals surface area (Å²) < 4.78 is 0.